The normalized spacial score (nSPS) is 15.4. The Hall–Kier alpha value is -4.64. The molecule has 1 aliphatic heterocycles. The van der Waals surface area contributed by atoms with E-state index in [4.69, 9.17) is 9.47 Å². The van der Waals surface area contributed by atoms with Gasteiger partial charge in [-0.2, -0.15) is 0 Å². The number of aromatic nitrogens is 3. The summed E-state index contributed by atoms with van der Waals surface area (Å²) in [6.45, 7) is 0.766. The van der Waals surface area contributed by atoms with E-state index < -0.39 is 29.6 Å². The van der Waals surface area contributed by atoms with Gasteiger partial charge in [-0.25, -0.2) is 13.9 Å². The van der Waals surface area contributed by atoms with Crippen LogP contribution in [0.15, 0.2) is 72.8 Å². The highest BCUT2D eigenvalue weighted by Gasteiger charge is 2.33. The predicted octanol–water partition coefficient (Wildman–Crippen LogP) is 3.42. The van der Waals surface area contributed by atoms with Gasteiger partial charge in [-0.05, 0) is 60.4 Å². The van der Waals surface area contributed by atoms with Gasteiger partial charge in [0, 0.05) is 19.7 Å². The zero-order valence-electron chi connectivity index (χ0n) is 22.5. The number of esters is 1. The van der Waals surface area contributed by atoms with Crippen molar-refractivity contribution >= 4 is 28.8 Å². The van der Waals surface area contributed by atoms with Crippen LogP contribution in [0.5, 0.6) is 0 Å². The quantitative estimate of drug-likeness (QED) is 0.296. The molecule has 1 aromatic heterocycles. The van der Waals surface area contributed by atoms with E-state index in [1.165, 1.54) is 28.8 Å². The van der Waals surface area contributed by atoms with Crippen LogP contribution < -0.4 is 5.32 Å². The number of amides is 2. The Balaban J connectivity index is 1.51. The number of carbonyl (C=O) groups excluding carboxylic acids is 3. The summed E-state index contributed by atoms with van der Waals surface area (Å²) in [7, 11) is 1.29. The summed E-state index contributed by atoms with van der Waals surface area (Å²) in [6, 6.07) is 18.3. The second-order valence-corrected chi connectivity index (χ2v) is 9.78. The minimum atomic E-state index is -1.07. The average Bonchev–Trinajstić information content (AvgIpc) is 3.67. The van der Waals surface area contributed by atoms with Gasteiger partial charge in [0.15, 0.2) is 0 Å². The van der Waals surface area contributed by atoms with Crippen LogP contribution in [0.3, 0.4) is 0 Å². The fraction of sp³-hybridized carbons (Fsp3) is 0.300. The molecule has 1 fully saturated rings. The zero-order valence-corrected chi connectivity index (χ0v) is 22.5. The van der Waals surface area contributed by atoms with Gasteiger partial charge in [0.1, 0.15) is 23.9 Å². The van der Waals surface area contributed by atoms with Crippen molar-refractivity contribution in [2.75, 3.05) is 20.3 Å². The number of halogens is 1. The zero-order chi connectivity index (χ0) is 28.8. The van der Waals surface area contributed by atoms with Crippen molar-refractivity contribution in [1.29, 1.82) is 0 Å². The van der Waals surface area contributed by atoms with Crippen LogP contribution in [0.1, 0.15) is 40.4 Å². The molecule has 2 atom stereocenters. The van der Waals surface area contributed by atoms with Gasteiger partial charge in [0.2, 0.25) is 11.8 Å². The van der Waals surface area contributed by atoms with E-state index in [-0.39, 0.29) is 19.2 Å². The molecule has 0 saturated carbocycles. The first-order chi connectivity index (χ1) is 19.9. The van der Waals surface area contributed by atoms with Crippen molar-refractivity contribution < 1.29 is 28.2 Å². The molecule has 212 valence electrons. The van der Waals surface area contributed by atoms with Gasteiger partial charge in [0.25, 0.3) is 0 Å². The SMILES string of the molecule is COC(=O)c1ccc(C(C(=O)NCC2CCCO2)N(Cc2ccc(F)cc2)C(=O)Cn2nnc3ccccc32)cc1. The highest BCUT2D eigenvalue weighted by Crippen LogP contribution is 2.26. The van der Waals surface area contributed by atoms with E-state index in [0.29, 0.717) is 40.9 Å². The summed E-state index contributed by atoms with van der Waals surface area (Å²) in [5.41, 5.74) is 2.73. The van der Waals surface area contributed by atoms with E-state index in [0.717, 1.165) is 12.8 Å². The van der Waals surface area contributed by atoms with Crippen molar-refractivity contribution in [1.82, 2.24) is 25.2 Å². The molecule has 5 rings (SSSR count). The van der Waals surface area contributed by atoms with Crippen molar-refractivity contribution in [2.45, 2.75) is 38.1 Å². The number of nitrogens with zero attached hydrogens (tertiary/aromatic N) is 4. The fourth-order valence-electron chi connectivity index (χ4n) is 4.87. The van der Waals surface area contributed by atoms with Crippen LogP contribution in [0.4, 0.5) is 4.39 Å². The van der Waals surface area contributed by atoms with Crippen LogP contribution in [-0.4, -0.2) is 64.0 Å². The fourth-order valence-corrected chi connectivity index (χ4v) is 4.87. The number of para-hydroxylation sites is 1. The molecule has 10 nitrogen and oxygen atoms in total. The van der Waals surface area contributed by atoms with Crippen molar-refractivity contribution in [3.63, 3.8) is 0 Å². The van der Waals surface area contributed by atoms with Crippen LogP contribution in [0.25, 0.3) is 11.0 Å². The monoisotopic (exact) mass is 559 g/mol. The number of benzene rings is 3. The summed E-state index contributed by atoms with van der Waals surface area (Å²) < 4.78 is 25.7. The summed E-state index contributed by atoms with van der Waals surface area (Å²) in [5.74, 6) is -1.75. The lowest BCUT2D eigenvalue weighted by molar-refractivity contribution is -0.142. The number of ether oxygens (including phenoxy) is 2. The van der Waals surface area contributed by atoms with Crippen LogP contribution >= 0.6 is 0 Å². The molecule has 41 heavy (non-hydrogen) atoms. The standard InChI is InChI=1S/C30H30FN5O5/c1-40-30(39)22-12-10-21(11-13-22)28(29(38)32-17-24-5-4-16-41-24)35(18-20-8-14-23(31)15-9-20)27(37)19-36-26-7-3-2-6-25(26)33-34-36/h2-3,6-15,24,28H,4-5,16-19H2,1H3,(H,32,38). The second-order valence-electron chi connectivity index (χ2n) is 9.78. The minimum Gasteiger partial charge on any atom is -0.465 e. The second kappa shape index (κ2) is 12.7. The first-order valence-corrected chi connectivity index (χ1v) is 13.3. The van der Waals surface area contributed by atoms with E-state index in [1.807, 2.05) is 18.2 Å². The molecule has 0 radical (unpaired) electrons. The number of hydrogen-bond acceptors (Lipinski definition) is 7. The number of methoxy groups -OCH3 is 1. The van der Waals surface area contributed by atoms with Gasteiger partial charge in [-0.3, -0.25) is 9.59 Å². The number of rotatable bonds is 10. The molecule has 0 spiro atoms. The summed E-state index contributed by atoms with van der Waals surface area (Å²) in [4.78, 5) is 41.3. The van der Waals surface area contributed by atoms with Crippen molar-refractivity contribution in [3.8, 4) is 0 Å². The Morgan fingerprint density at radius 3 is 2.56 bits per heavy atom. The topological polar surface area (TPSA) is 116 Å². The van der Waals surface area contributed by atoms with E-state index in [2.05, 4.69) is 15.6 Å². The maximum Gasteiger partial charge on any atom is 0.337 e. The van der Waals surface area contributed by atoms with Crippen molar-refractivity contribution in [3.05, 3.63) is 95.3 Å². The van der Waals surface area contributed by atoms with Crippen molar-refractivity contribution in [2.24, 2.45) is 0 Å². The van der Waals surface area contributed by atoms with Gasteiger partial charge in [-0.15, -0.1) is 5.10 Å². The molecule has 3 aromatic carbocycles. The number of nitrogens with one attached hydrogen (secondary N) is 1. The Bertz CT molecular complexity index is 1520. The number of hydrogen-bond donors (Lipinski definition) is 1. The molecule has 2 amide bonds. The van der Waals surface area contributed by atoms with E-state index >= 15 is 0 Å². The van der Waals surface area contributed by atoms with E-state index in [1.54, 1.807) is 42.5 Å². The third kappa shape index (κ3) is 6.58. The molecule has 1 saturated heterocycles. The largest absolute Gasteiger partial charge is 0.465 e. The predicted molar refractivity (Wildman–Crippen MR) is 147 cm³/mol. The first-order valence-electron chi connectivity index (χ1n) is 13.3. The maximum absolute atomic E-state index is 14.0. The smallest absolute Gasteiger partial charge is 0.337 e. The van der Waals surface area contributed by atoms with E-state index in [9.17, 15) is 18.8 Å². The third-order valence-electron chi connectivity index (χ3n) is 7.03. The van der Waals surface area contributed by atoms with Gasteiger partial charge in [0.05, 0.1) is 24.3 Å². The first kappa shape index (κ1) is 27.9. The Morgan fingerprint density at radius 2 is 1.85 bits per heavy atom. The number of fused-ring (bicyclic) bond motifs is 1. The summed E-state index contributed by atoms with van der Waals surface area (Å²) in [5, 5.41) is 11.2. The van der Waals surface area contributed by atoms with Gasteiger partial charge in [-0.1, -0.05) is 41.6 Å². The molecule has 1 N–H and O–H groups in total. The Labute approximate surface area is 236 Å². The van der Waals surface area contributed by atoms with Crippen LogP contribution in [0.2, 0.25) is 0 Å². The minimum absolute atomic E-state index is 0.0164. The lowest BCUT2D eigenvalue weighted by Crippen LogP contribution is -2.46. The Kier molecular flexibility index (Phi) is 8.64. The average molecular weight is 560 g/mol. The number of carbonyl (C=O) groups is 3. The van der Waals surface area contributed by atoms with Gasteiger partial charge >= 0.3 is 5.97 Å². The molecule has 1 aliphatic rings. The highest BCUT2D eigenvalue weighted by molar-refractivity contribution is 5.91. The third-order valence-corrected chi connectivity index (χ3v) is 7.03. The molecule has 4 aromatic rings. The molecule has 11 heteroatoms. The van der Waals surface area contributed by atoms with Gasteiger partial charge < -0.3 is 19.7 Å². The molecule has 0 aliphatic carbocycles. The van der Waals surface area contributed by atoms with Crippen LogP contribution in [0, 0.1) is 5.82 Å². The summed E-state index contributed by atoms with van der Waals surface area (Å²) >= 11 is 0. The molecule has 2 heterocycles. The summed E-state index contributed by atoms with van der Waals surface area (Å²) in [6.07, 6.45) is 1.64. The maximum atomic E-state index is 14.0. The lowest BCUT2D eigenvalue weighted by Gasteiger charge is -2.32. The highest BCUT2D eigenvalue weighted by atomic mass is 19.1. The Morgan fingerprint density at radius 1 is 1.10 bits per heavy atom. The molecule has 2 unspecified atom stereocenters. The molecular formula is C30H30FN5O5. The van der Waals surface area contributed by atoms with Crippen LogP contribution in [-0.2, 0) is 32.2 Å². The lowest BCUT2D eigenvalue weighted by atomic mass is 10.0. The molecular weight excluding hydrogens is 529 g/mol. The molecule has 0 bridgehead atoms.